The second-order valence-electron chi connectivity index (χ2n) is 12.0. The van der Waals surface area contributed by atoms with Crippen LogP contribution in [0, 0.1) is 0 Å². The van der Waals surface area contributed by atoms with E-state index in [1.807, 2.05) is 18.3 Å². The van der Waals surface area contributed by atoms with Crippen LogP contribution in [-0.4, -0.2) is 63.0 Å². The first-order chi connectivity index (χ1) is 18.5. The Kier molecular flexibility index (Phi) is 6.39. The van der Waals surface area contributed by atoms with E-state index in [2.05, 4.69) is 64.9 Å². The Morgan fingerprint density at radius 1 is 1.13 bits per heavy atom. The lowest BCUT2D eigenvalue weighted by molar-refractivity contribution is -0.0893. The lowest BCUT2D eigenvalue weighted by Crippen LogP contribution is -2.54. The third-order valence-electron chi connectivity index (χ3n) is 8.09. The van der Waals surface area contributed by atoms with Crippen molar-refractivity contribution in [1.82, 2.24) is 20.3 Å². The Morgan fingerprint density at radius 2 is 1.92 bits per heavy atom. The third-order valence-corrected chi connectivity index (χ3v) is 8.71. The predicted octanol–water partition coefficient (Wildman–Crippen LogP) is 5.03. The van der Waals surface area contributed by atoms with Gasteiger partial charge in [0.25, 0.3) is 0 Å². The number of aromatic nitrogens is 3. The molecule has 2 saturated heterocycles. The summed E-state index contributed by atoms with van der Waals surface area (Å²) in [5.74, 6) is 3.10. The molecule has 9 nitrogen and oxygen atoms in total. The number of benzene rings is 1. The molecule has 0 amide bonds. The molecule has 1 aromatic carbocycles. The van der Waals surface area contributed by atoms with Crippen LogP contribution in [0.4, 0.5) is 29.1 Å². The van der Waals surface area contributed by atoms with Crippen molar-refractivity contribution in [3.05, 3.63) is 59.8 Å². The van der Waals surface area contributed by atoms with Crippen LogP contribution in [0.5, 0.6) is 0 Å². The van der Waals surface area contributed by atoms with Gasteiger partial charge < -0.3 is 20.3 Å². The maximum atomic E-state index is 12.4. The number of fused-ring (bicyclic) bond motifs is 3. The number of nitrogens with zero attached hydrogens (tertiary/aromatic N) is 5. The van der Waals surface area contributed by atoms with Gasteiger partial charge in [0.2, 0.25) is 5.95 Å². The molecule has 3 aliphatic heterocycles. The number of hydrogen-bond donors (Lipinski definition) is 2. The van der Waals surface area contributed by atoms with Gasteiger partial charge in [0.1, 0.15) is 11.6 Å². The summed E-state index contributed by atoms with van der Waals surface area (Å²) in [5.41, 5.74) is 2.74. The van der Waals surface area contributed by atoms with Crippen LogP contribution in [0.1, 0.15) is 50.7 Å². The van der Waals surface area contributed by atoms with E-state index in [9.17, 15) is 4.21 Å². The minimum absolute atomic E-state index is 0.0652. The fraction of sp³-hybridized carbons (Fsp3) is 0.483. The summed E-state index contributed by atoms with van der Waals surface area (Å²) < 4.78 is 23.1. The summed E-state index contributed by atoms with van der Waals surface area (Å²) in [6.45, 7) is 9.14. The maximum absolute atomic E-state index is 12.4. The number of rotatable bonds is 5. The van der Waals surface area contributed by atoms with Crippen LogP contribution < -0.4 is 15.5 Å². The molecule has 206 valence electrons. The van der Waals surface area contributed by atoms with Crippen molar-refractivity contribution in [2.45, 2.75) is 56.6 Å². The minimum Gasteiger partial charge on any atom is -0.374 e. The SMILES string of the molecule is CC1(C)C[C@H]2N(c3cccc(N=S(C)(C)=O)n3)c3nc(Nc4ccc([C@@H]5CCNC5)cc4)ncc3[C@@]2(C)CO1. The Hall–Kier alpha value is -3.08. The van der Waals surface area contributed by atoms with E-state index in [1.54, 1.807) is 18.6 Å². The second kappa shape index (κ2) is 9.53. The van der Waals surface area contributed by atoms with Gasteiger partial charge in [-0.05, 0) is 69.0 Å². The molecule has 3 aliphatic rings. The van der Waals surface area contributed by atoms with E-state index in [0.29, 0.717) is 24.3 Å². The number of anilines is 4. The molecule has 0 aliphatic carbocycles. The van der Waals surface area contributed by atoms with Gasteiger partial charge in [-0.2, -0.15) is 9.35 Å². The summed E-state index contributed by atoms with van der Waals surface area (Å²) in [6.07, 6.45) is 7.13. The predicted molar refractivity (Wildman–Crippen MR) is 156 cm³/mol. The van der Waals surface area contributed by atoms with Crippen LogP contribution in [0.15, 0.2) is 53.0 Å². The van der Waals surface area contributed by atoms with Crippen molar-refractivity contribution >= 4 is 38.8 Å². The van der Waals surface area contributed by atoms with Gasteiger partial charge in [-0.1, -0.05) is 25.1 Å². The zero-order chi connectivity index (χ0) is 27.4. The van der Waals surface area contributed by atoms with E-state index < -0.39 is 9.73 Å². The summed E-state index contributed by atoms with van der Waals surface area (Å²) in [5, 5.41) is 6.84. The van der Waals surface area contributed by atoms with Gasteiger partial charge in [0.15, 0.2) is 5.82 Å². The largest absolute Gasteiger partial charge is 0.374 e. The van der Waals surface area contributed by atoms with Crippen LogP contribution in [0.25, 0.3) is 0 Å². The van der Waals surface area contributed by atoms with Crippen LogP contribution in [0.2, 0.25) is 0 Å². The molecule has 0 spiro atoms. The monoisotopic (exact) mass is 547 g/mol. The lowest BCUT2D eigenvalue weighted by atomic mass is 9.73. The molecule has 0 unspecified atom stereocenters. The summed E-state index contributed by atoms with van der Waals surface area (Å²) in [6, 6.07) is 14.3. The topological polar surface area (TPSA) is 105 Å². The fourth-order valence-electron chi connectivity index (χ4n) is 5.99. The minimum atomic E-state index is -2.35. The molecule has 2 fully saturated rings. The van der Waals surface area contributed by atoms with E-state index >= 15 is 0 Å². The highest BCUT2D eigenvalue weighted by Crippen LogP contribution is 2.53. The molecule has 2 N–H and O–H groups in total. The number of pyridine rings is 1. The molecule has 0 bridgehead atoms. The Morgan fingerprint density at radius 3 is 2.64 bits per heavy atom. The molecule has 2 aromatic heterocycles. The van der Waals surface area contributed by atoms with Crippen molar-refractivity contribution < 1.29 is 8.95 Å². The highest BCUT2D eigenvalue weighted by molar-refractivity contribution is 7.92. The first-order valence-electron chi connectivity index (χ1n) is 13.5. The molecule has 39 heavy (non-hydrogen) atoms. The zero-order valence-electron chi connectivity index (χ0n) is 23.3. The standard InChI is InChI=1S/C29H37N7O2S/c1-28(2)15-23-29(3,18-38-28)22-17-31-27(32-21-11-9-19(10-12-21)20-13-14-30-16-20)34-26(22)36(23)25-8-6-7-24(33-25)35-39(4,5)37/h6-12,17,20,23,30H,13-16,18H2,1-5H3,(H,31,32,34)/t20-,23-,29-/m1/s1. The molecule has 3 aromatic rings. The molecule has 3 atom stereocenters. The quantitative estimate of drug-likeness (QED) is 0.458. The van der Waals surface area contributed by atoms with Crippen molar-refractivity contribution in [2.24, 2.45) is 4.36 Å². The third kappa shape index (κ3) is 5.13. The maximum Gasteiger partial charge on any atom is 0.229 e. The Balaban J connectivity index is 1.38. The fourth-order valence-corrected chi connectivity index (χ4v) is 6.54. The van der Waals surface area contributed by atoms with Gasteiger partial charge in [0.05, 0.1) is 18.2 Å². The molecule has 0 saturated carbocycles. The zero-order valence-corrected chi connectivity index (χ0v) is 24.1. The van der Waals surface area contributed by atoms with Gasteiger partial charge in [-0.3, -0.25) is 0 Å². The number of hydrogen-bond acceptors (Lipinski definition) is 9. The second-order valence-corrected chi connectivity index (χ2v) is 14.6. The first-order valence-corrected chi connectivity index (χ1v) is 15.9. The van der Waals surface area contributed by atoms with Crippen molar-refractivity contribution in [2.75, 3.05) is 42.4 Å². The molecule has 10 heteroatoms. The van der Waals surface area contributed by atoms with Crippen LogP contribution in [-0.2, 0) is 19.9 Å². The lowest BCUT2D eigenvalue weighted by Gasteiger charge is -2.46. The highest BCUT2D eigenvalue weighted by Gasteiger charge is 2.55. The van der Waals surface area contributed by atoms with Crippen LogP contribution >= 0.6 is 0 Å². The normalized spacial score (nSPS) is 25.7. The molecule has 6 rings (SSSR count). The average molecular weight is 548 g/mol. The van der Waals surface area contributed by atoms with Crippen molar-refractivity contribution in [1.29, 1.82) is 0 Å². The summed E-state index contributed by atoms with van der Waals surface area (Å²) in [7, 11) is -2.35. The molecule has 5 heterocycles. The van der Waals surface area contributed by atoms with E-state index in [0.717, 1.165) is 42.4 Å². The molecular formula is C29H37N7O2S. The summed E-state index contributed by atoms with van der Waals surface area (Å²) >= 11 is 0. The Bertz CT molecular complexity index is 1500. The highest BCUT2D eigenvalue weighted by atomic mass is 32.2. The van der Waals surface area contributed by atoms with E-state index in [1.165, 1.54) is 12.0 Å². The van der Waals surface area contributed by atoms with Crippen LogP contribution in [0.3, 0.4) is 0 Å². The Labute approximate surface area is 231 Å². The molecular weight excluding hydrogens is 510 g/mol. The van der Waals surface area contributed by atoms with Gasteiger partial charge in [0, 0.05) is 51.6 Å². The van der Waals surface area contributed by atoms with Gasteiger partial charge >= 0.3 is 0 Å². The first kappa shape index (κ1) is 26.2. The number of nitrogens with one attached hydrogen (secondary N) is 2. The van der Waals surface area contributed by atoms with Crippen molar-refractivity contribution in [3.63, 3.8) is 0 Å². The smallest absolute Gasteiger partial charge is 0.229 e. The van der Waals surface area contributed by atoms with Gasteiger partial charge in [-0.25, -0.2) is 14.2 Å². The summed E-state index contributed by atoms with van der Waals surface area (Å²) in [4.78, 5) is 16.8. The van der Waals surface area contributed by atoms with E-state index in [-0.39, 0.29) is 17.1 Å². The average Bonchev–Trinajstić information content (AvgIpc) is 3.49. The number of ether oxygens (including phenoxy) is 1. The molecule has 0 radical (unpaired) electrons. The van der Waals surface area contributed by atoms with E-state index in [4.69, 9.17) is 19.7 Å². The van der Waals surface area contributed by atoms with Crippen molar-refractivity contribution in [3.8, 4) is 0 Å². The van der Waals surface area contributed by atoms with Gasteiger partial charge in [-0.15, -0.1) is 0 Å².